The molecule has 4 atom stereocenters. The standard InChI is InChI=1S/C35H45FN4O5S/c1-7-14-45-28-16-23(15-26(36)17-28)8-13-30(42)39-32(35(4,5)6)34(44)40-19-27(41)18-29(40)33(43)38-21(2)24-9-11-25(12-10-24)31-22(3)37-20-46-31/h9-12,15-17,20-21,27,29,32,41H,7-8,13-14,18-19H2,1-6H3,(H,38,43)(H,39,42)/t21-,27+,29-,32+/m0/s1. The van der Waals surface area contributed by atoms with Crippen LogP contribution in [0.3, 0.4) is 0 Å². The Balaban J connectivity index is 1.40. The Bertz CT molecular complexity index is 1520. The summed E-state index contributed by atoms with van der Waals surface area (Å²) in [5, 5.41) is 16.4. The highest BCUT2D eigenvalue weighted by Crippen LogP contribution is 2.30. The number of thiazole rings is 1. The first-order valence-electron chi connectivity index (χ1n) is 15.8. The number of amides is 3. The maximum Gasteiger partial charge on any atom is 0.246 e. The van der Waals surface area contributed by atoms with E-state index >= 15 is 0 Å². The van der Waals surface area contributed by atoms with Gasteiger partial charge in [-0.1, -0.05) is 52.0 Å². The number of aliphatic hydroxyl groups excluding tert-OH is 1. The number of β-amino-alcohol motifs (C(OH)–C–C–N with tert-alkyl or cyclic N) is 1. The summed E-state index contributed by atoms with van der Waals surface area (Å²) >= 11 is 1.57. The van der Waals surface area contributed by atoms with Gasteiger partial charge >= 0.3 is 0 Å². The zero-order chi connectivity index (χ0) is 33.6. The van der Waals surface area contributed by atoms with Crippen LogP contribution < -0.4 is 15.4 Å². The predicted octanol–water partition coefficient (Wildman–Crippen LogP) is 5.35. The van der Waals surface area contributed by atoms with Gasteiger partial charge in [0.15, 0.2) is 0 Å². The highest BCUT2D eigenvalue weighted by molar-refractivity contribution is 7.13. The number of benzene rings is 2. The average Bonchev–Trinajstić information content (AvgIpc) is 3.62. The molecule has 1 saturated heterocycles. The lowest BCUT2D eigenvalue weighted by Crippen LogP contribution is -2.57. The van der Waals surface area contributed by atoms with Crippen molar-refractivity contribution < 1.29 is 28.6 Å². The molecule has 4 rings (SSSR count). The van der Waals surface area contributed by atoms with Crippen molar-refractivity contribution in [3.63, 3.8) is 0 Å². The second-order valence-electron chi connectivity index (χ2n) is 13.0. The minimum absolute atomic E-state index is 0.0134. The third kappa shape index (κ3) is 8.91. The summed E-state index contributed by atoms with van der Waals surface area (Å²) in [6.07, 6.45) is 0.301. The normalized spacial score (nSPS) is 17.8. The zero-order valence-electron chi connectivity index (χ0n) is 27.4. The van der Waals surface area contributed by atoms with E-state index in [0.717, 1.165) is 28.1 Å². The molecule has 248 valence electrons. The van der Waals surface area contributed by atoms with Crippen molar-refractivity contribution in [1.29, 1.82) is 0 Å². The number of carbonyl (C=O) groups excluding carboxylic acids is 3. The molecule has 2 aromatic carbocycles. The molecule has 0 bridgehead atoms. The number of rotatable bonds is 12. The Hall–Kier alpha value is -3.83. The lowest BCUT2D eigenvalue weighted by atomic mass is 9.85. The van der Waals surface area contributed by atoms with Crippen LogP contribution in [-0.4, -0.2) is 64.1 Å². The number of likely N-dealkylation sites (tertiary alicyclic amines) is 1. The Morgan fingerprint density at radius 3 is 2.50 bits per heavy atom. The van der Waals surface area contributed by atoms with Gasteiger partial charge in [0.25, 0.3) is 0 Å². The molecule has 0 unspecified atom stereocenters. The second kappa shape index (κ2) is 15.2. The fraction of sp³-hybridized carbons (Fsp3) is 0.486. The summed E-state index contributed by atoms with van der Waals surface area (Å²) in [7, 11) is 0. The van der Waals surface area contributed by atoms with E-state index in [1.54, 1.807) is 17.4 Å². The first-order chi connectivity index (χ1) is 21.8. The molecule has 0 saturated carbocycles. The van der Waals surface area contributed by atoms with Crippen LogP contribution in [0, 0.1) is 18.2 Å². The number of nitrogens with zero attached hydrogens (tertiary/aromatic N) is 2. The van der Waals surface area contributed by atoms with Crippen LogP contribution >= 0.6 is 11.3 Å². The van der Waals surface area contributed by atoms with E-state index < -0.39 is 35.3 Å². The number of hydrogen-bond donors (Lipinski definition) is 3. The third-order valence-corrected chi connectivity index (χ3v) is 9.08. The summed E-state index contributed by atoms with van der Waals surface area (Å²) in [6, 6.07) is 10.1. The summed E-state index contributed by atoms with van der Waals surface area (Å²) in [5.74, 6) is -1.21. The fourth-order valence-electron chi connectivity index (χ4n) is 5.57. The third-order valence-electron chi connectivity index (χ3n) is 8.10. The molecule has 3 amide bonds. The topological polar surface area (TPSA) is 121 Å². The number of ether oxygens (including phenoxy) is 1. The van der Waals surface area contributed by atoms with Gasteiger partial charge in [0, 0.05) is 25.5 Å². The highest BCUT2D eigenvalue weighted by atomic mass is 32.1. The van der Waals surface area contributed by atoms with Crippen LogP contribution in [-0.2, 0) is 20.8 Å². The molecule has 1 aliphatic heterocycles. The van der Waals surface area contributed by atoms with Gasteiger partial charge in [-0.15, -0.1) is 11.3 Å². The van der Waals surface area contributed by atoms with Gasteiger partial charge in [-0.2, -0.15) is 0 Å². The van der Waals surface area contributed by atoms with Crippen LogP contribution in [0.25, 0.3) is 10.4 Å². The van der Waals surface area contributed by atoms with Crippen molar-refractivity contribution in [3.8, 4) is 16.2 Å². The van der Waals surface area contributed by atoms with Gasteiger partial charge in [-0.3, -0.25) is 14.4 Å². The van der Waals surface area contributed by atoms with Gasteiger partial charge in [0.05, 0.1) is 34.8 Å². The number of aryl methyl sites for hydroxylation is 2. The monoisotopic (exact) mass is 652 g/mol. The molecule has 2 heterocycles. The Morgan fingerprint density at radius 2 is 1.87 bits per heavy atom. The van der Waals surface area contributed by atoms with E-state index in [1.165, 1.54) is 17.0 Å². The van der Waals surface area contributed by atoms with Crippen LogP contribution in [0.4, 0.5) is 4.39 Å². The van der Waals surface area contributed by atoms with Crippen molar-refractivity contribution >= 4 is 29.1 Å². The van der Waals surface area contributed by atoms with Gasteiger partial charge < -0.3 is 25.4 Å². The second-order valence-corrected chi connectivity index (χ2v) is 13.9. The van der Waals surface area contributed by atoms with E-state index in [1.807, 2.05) is 71.3 Å². The summed E-state index contributed by atoms with van der Waals surface area (Å²) in [5.41, 5.74) is 4.65. The number of hydrogen-bond acceptors (Lipinski definition) is 7. The van der Waals surface area contributed by atoms with Crippen molar-refractivity contribution in [3.05, 3.63) is 70.6 Å². The van der Waals surface area contributed by atoms with Gasteiger partial charge in [0.2, 0.25) is 17.7 Å². The minimum Gasteiger partial charge on any atom is -0.493 e. The van der Waals surface area contributed by atoms with Crippen molar-refractivity contribution in [2.45, 2.75) is 91.5 Å². The molecule has 11 heteroatoms. The number of nitrogens with one attached hydrogen (secondary N) is 2. The lowest BCUT2D eigenvalue weighted by molar-refractivity contribution is -0.144. The lowest BCUT2D eigenvalue weighted by Gasteiger charge is -2.35. The SMILES string of the molecule is CCCOc1cc(F)cc(CCC(=O)N[C@H](C(=O)N2C[C@H](O)C[C@H]2C(=O)N[C@@H](C)c2ccc(-c3scnc3C)cc2)C(C)(C)C)c1. The summed E-state index contributed by atoms with van der Waals surface area (Å²) < 4.78 is 19.7. The minimum atomic E-state index is -0.947. The van der Waals surface area contributed by atoms with Crippen LogP contribution in [0.15, 0.2) is 48.0 Å². The molecule has 1 fully saturated rings. The Kier molecular flexibility index (Phi) is 11.6. The maximum atomic E-state index is 14.1. The molecular formula is C35H45FN4O5S. The quantitative estimate of drug-likeness (QED) is 0.243. The predicted molar refractivity (Wildman–Crippen MR) is 177 cm³/mol. The molecular weight excluding hydrogens is 607 g/mol. The smallest absolute Gasteiger partial charge is 0.246 e. The summed E-state index contributed by atoms with van der Waals surface area (Å²) in [6.45, 7) is 11.7. The average molecular weight is 653 g/mol. The van der Waals surface area contributed by atoms with E-state index in [0.29, 0.717) is 17.9 Å². The van der Waals surface area contributed by atoms with E-state index in [2.05, 4.69) is 15.6 Å². The molecule has 0 aliphatic carbocycles. The zero-order valence-corrected chi connectivity index (χ0v) is 28.2. The number of aromatic nitrogens is 1. The van der Waals surface area contributed by atoms with Crippen molar-refractivity contribution in [1.82, 2.24) is 20.5 Å². The van der Waals surface area contributed by atoms with Crippen LogP contribution in [0.1, 0.15) is 76.7 Å². The van der Waals surface area contributed by atoms with Crippen LogP contribution in [0.2, 0.25) is 0 Å². The first kappa shape index (κ1) is 35.0. The van der Waals surface area contributed by atoms with Gasteiger partial charge in [-0.05, 0) is 60.9 Å². The number of aliphatic hydroxyl groups is 1. The van der Waals surface area contributed by atoms with Crippen molar-refractivity contribution in [2.75, 3.05) is 13.2 Å². The molecule has 9 nitrogen and oxygen atoms in total. The van der Waals surface area contributed by atoms with E-state index in [-0.39, 0.29) is 43.7 Å². The molecule has 3 aromatic rings. The molecule has 1 aliphatic rings. The Labute approximate surface area is 274 Å². The maximum absolute atomic E-state index is 14.1. The largest absolute Gasteiger partial charge is 0.493 e. The molecule has 0 radical (unpaired) electrons. The number of carbonyl (C=O) groups is 3. The number of halogens is 1. The van der Waals surface area contributed by atoms with Gasteiger partial charge in [0.1, 0.15) is 23.7 Å². The van der Waals surface area contributed by atoms with Crippen LogP contribution in [0.5, 0.6) is 5.75 Å². The highest BCUT2D eigenvalue weighted by Gasteiger charge is 2.44. The van der Waals surface area contributed by atoms with E-state index in [4.69, 9.17) is 4.74 Å². The summed E-state index contributed by atoms with van der Waals surface area (Å²) in [4.78, 5) is 47.3. The van der Waals surface area contributed by atoms with Gasteiger partial charge in [-0.25, -0.2) is 9.37 Å². The molecule has 0 spiro atoms. The van der Waals surface area contributed by atoms with E-state index in [9.17, 15) is 23.9 Å². The molecule has 1 aromatic heterocycles. The molecule has 3 N–H and O–H groups in total. The fourth-order valence-corrected chi connectivity index (χ4v) is 6.39. The van der Waals surface area contributed by atoms with Crippen molar-refractivity contribution in [2.24, 2.45) is 5.41 Å². The first-order valence-corrected chi connectivity index (χ1v) is 16.7. The Morgan fingerprint density at radius 1 is 1.15 bits per heavy atom. The molecule has 46 heavy (non-hydrogen) atoms.